The van der Waals surface area contributed by atoms with E-state index in [1.807, 2.05) is 34.7 Å². The molecule has 138 valence electrons. The van der Waals surface area contributed by atoms with E-state index in [2.05, 4.69) is 24.0 Å². The van der Waals surface area contributed by atoms with Crippen molar-refractivity contribution < 1.29 is 34.3 Å². The number of thiophene rings is 1. The average molecular weight is 420 g/mol. The van der Waals surface area contributed by atoms with Crippen molar-refractivity contribution in [2.75, 3.05) is 0 Å². The molecule has 0 atom stereocenters. The van der Waals surface area contributed by atoms with Crippen LogP contribution >= 0.6 is 11.3 Å². The second-order valence-corrected chi connectivity index (χ2v) is 8.85. The van der Waals surface area contributed by atoms with Gasteiger partial charge in [0.05, 0.1) is 24.1 Å². The predicted octanol–water partition coefficient (Wildman–Crippen LogP) is -0.0849. The number of ether oxygens (including phenoxy) is 1. The molecule has 0 N–H and O–H groups in total. The molecule has 0 amide bonds. The molecular formula is C19H17N4NaO2S2. The molecule has 0 radical (unpaired) electrons. The third-order valence-corrected chi connectivity index (χ3v) is 6.43. The van der Waals surface area contributed by atoms with Gasteiger partial charge in [0.15, 0.2) is 0 Å². The summed E-state index contributed by atoms with van der Waals surface area (Å²) in [5.41, 5.74) is 1.76. The molecule has 1 aliphatic heterocycles. The summed E-state index contributed by atoms with van der Waals surface area (Å²) < 4.78 is 9.45. The number of aromatic nitrogens is 4. The van der Waals surface area contributed by atoms with Gasteiger partial charge in [-0.2, -0.15) is 5.10 Å². The quantitative estimate of drug-likeness (QED) is 0.335. The largest absolute Gasteiger partial charge is 1.00 e. The van der Waals surface area contributed by atoms with Crippen LogP contribution in [0, 0.1) is 0 Å². The summed E-state index contributed by atoms with van der Waals surface area (Å²) in [4.78, 5) is 15.4. The second-order valence-electron chi connectivity index (χ2n) is 7.40. The fraction of sp³-hybridized carbons (Fsp3) is 0.316. The normalized spacial score (nSPS) is 15.5. The smallest absolute Gasteiger partial charge is 0.740 e. The summed E-state index contributed by atoms with van der Waals surface area (Å²) in [7, 11) is 0. The Morgan fingerprint density at radius 2 is 2.00 bits per heavy atom. The topological polar surface area (TPSA) is 61.4 Å². The van der Waals surface area contributed by atoms with Crippen LogP contribution in [0.25, 0.3) is 16.0 Å². The molecule has 0 aliphatic carbocycles. The first-order valence-corrected chi connectivity index (χ1v) is 9.94. The molecule has 3 aromatic heterocycles. The van der Waals surface area contributed by atoms with Crippen molar-refractivity contribution in [3.63, 3.8) is 0 Å². The maximum absolute atomic E-state index is 13.5. The number of rotatable bonds is 2. The maximum atomic E-state index is 13.5. The van der Waals surface area contributed by atoms with Crippen molar-refractivity contribution in [2.24, 2.45) is 0 Å². The van der Waals surface area contributed by atoms with Crippen LogP contribution in [0.5, 0.6) is 0 Å². The predicted molar refractivity (Wildman–Crippen MR) is 106 cm³/mol. The van der Waals surface area contributed by atoms with Gasteiger partial charge in [0, 0.05) is 16.5 Å². The van der Waals surface area contributed by atoms with E-state index >= 15 is 0 Å². The minimum absolute atomic E-state index is 0. The molecule has 4 aromatic rings. The van der Waals surface area contributed by atoms with E-state index in [0.29, 0.717) is 30.5 Å². The second kappa shape index (κ2) is 7.19. The van der Waals surface area contributed by atoms with Crippen molar-refractivity contribution in [1.82, 2.24) is 19.2 Å². The zero-order chi connectivity index (χ0) is 18.8. The Morgan fingerprint density at radius 1 is 1.25 bits per heavy atom. The zero-order valence-electron chi connectivity index (χ0n) is 15.9. The van der Waals surface area contributed by atoms with Crippen LogP contribution in [0.4, 0.5) is 0 Å². The Kier molecular flexibility index (Phi) is 5.14. The van der Waals surface area contributed by atoms with Gasteiger partial charge in [0.2, 0.25) is 5.78 Å². The van der Waals surface area contributed by atoms with Crippen molar-refractivity contribution in [1.29, 1.82) is 0 Å². The fourth-order valence-corrected chi connectivity index (χ4v) is 5.16. The first-order valence-electron chi connectivity index (χ1n) is 8.72. The Morgan fingerprint density at radius 3 is 2.75 bits per heavy atom. The van der Waals surface area contributed by atoms with Crippen LogP contribution in [-0.4, -0.2) is 24.8 Å². The third-order valence-electron chi connectivity index (χ3n) is 4.97. The van der Waals surface area contributed by atoms with E-state index in [9.17, 15) is 4.79 Å². The molecule has 9 heteroatoms. The number of hydrogen-bond acceptors (Lipinski definition) is 6. The summed E-state index contributed by atoms with van der Waals surface area (Å²) in [6.07, 6.45) is 0.698. The SMILES string of the molecule is CC1(C)Cc2c(sc3c2c(=O)n(Cc2ccccc2)c2nnc([S-])n32)CO1.[Na+]. The van der Waals surface area contributed by atoms with Gasteiger partial charge in [-0.15, -0.1) is 16.4 Å². The molecule has 0 unspecified atom stereocenters. The van der Waals surface area contributed by atoms with Gasteiger partial charge in [-0.25, -0.2) is 0 Å². The summed E-state index contributed by atoms with van der Waals surface area (Å²) in [6.45, 7) is 5.04. The Bertz CT molecular complexity index is 1240. The summed E-state index contributed by atoms with van der Waals surface area (Å²) in [6, 6.07) is 9.88. The van der Waals surface area contributed by atoms with E-state index in [4.69, 9.17) is 17.4 Å². The molecule has 6 nitrogen and oxygen atoms in total. The number of benzene rings is 1. The fourth-order valence-electron chi connectivity index (χ4n) is 3.67. The van der Waals surface area contributed by atoms with Gasteiger partial charge in [-0.05, 0) is 25.0 Å². The van der Waals surface area contributed by atoms with Gasteiger partial charge >= 0.3 is 29.6 Å². The number of fused-ring (bicyclic) bond motifs is 5. The van der Waals surface area contributed by atoms with Crippen LogP contribution in [0.15, 0.2) is 40.3 Å². The minimum atomic E-state index is -0.295. The van der Waals surface area contributed by atoms with Crippen molar-refractivity contribution >= 4 is 40.0 Å². The summed E-state index contributed by atoms with van der Waals surface area (Å²) >= 11 is 6.97. The molecule has 5 rings (SSSR count). The van der Waals surface area contributed by atoms with Crippen LogP contribution in [0.1, 0.15) is 29.9 Å². The third kappa shape index (κ3) is 3.12. The van der Waals surface area contributed by atoms with Crippen LogP contribution in [0.3, 0.4) is 0 Å². The molecule has 0 saturated carbocycles. The number of nitrogens with zero attached hydrogens (tertiary/aromatic N) is 4. The van der Waals surface area contributed by atoms with Gasteiger partial charge in [0.25, 0.3) is 5.56 Å². The van der Waals surface area contributed by atoms with Gasteiger partial charge in [0.1, 0.15) is 4.83 Å². The monoisotopic (exact) mass is 420 g/mol. The van der Waals surface area contributed by atoms with E-state index in [0.717, 1.165) is 26.2 Å². The van der Waals surface area contributed by atoms with Crippen LogP contribution in [-0.2, 0) is 36.9 Å². The van der Waals surface area contributed by atoms with Crippen LogP contribution < -0.4 is 35.1 Å². The maximum Gasteiger partial charge on any atom is 1.00 e. The molecule has 1 aromatic carbocycles. The Balaban J connectivity index is 0.00000192. The van der Waals surface area contributed by atoms with Gasteiger partial charge in [-0.3, -0.25) is 13.8 Å². The van der Waals surface area contributed by atoms with E-state index in [1.54, 1.807) is 15.9 Å². The molecule has 0 fully saturated rings. The van der Waals surface area contributed by atoms with Crippen molar-refractivity contribution in [3.05, 3.63) is 56.7 Å². The van der Waals surface area contributed by atoms with Crippen molar-refractivity contribution in [2.45, 2.75) is 44.2 Å². The molecule has 28 heavy (non-hydrogen) atoms. The average Bonchev–Trinajstić information content (AvgIpc) is 3.19. The van der Waals surface area contributed by atoms with Crippen LogP contribution in [0.2, 0.25) is 0 Å². The van der Waals surface area contributed by atoms with E-state index in [1.165, 1.54) is 0 Å². The summed E-state index contributed by atoms with van der Waals surface area (Å²) in [5.74, 6) is 0.486. The van der Waals surface area contributed by atoms with E-state index < -0.39 is 0 Å². The first kappa shape index (κ1) is 20.0. The molecule has 1 aliphatic rings. The Labute approximate surface area is 193 Å². The molecular weight excluding hydrogens is 403 g/mol. The minimum Gasteiger partial charge on any atom is -0.740 e. The van der Waals surface area contributed by atoms with Gasteiger partial charge in [-0.1, -0.05) is 30.3 Å². The van der Waals surface area contributed by atoms with E-state index in [-0.39, 0.29) is 40.7 Å². The molecule has 0 bridgehead atoms. The molecule has 4 heterocycles. The zero-order valence-corrected chi connectivity index (χ0v) is 19.6. The Hall–Kier alpha value is -1.29. The molecule has 0 spiro atoms. The standard InChI is InChI=1S/C19H18N4O2S2.Na/c1-19(2)8-12-13(10-25-19)27-16-14(12)15(24)22(9-11-6-4-3-5-7-11)17-20-21-18(26)23(16)17;/h3-7H,8-10H2,1-2H3,(H,21,26);/q;+1/p-1. The number of hydrogen-bond donors (Lipinski definition) is 0. The summed E-state index contributed by atoms with van der Waals surface area (Å²) in [5, 5.41) is 9.37. The van der Waals surface area contributed by atoms with Crippen molar-refractivity contribution in [3.8, 4) is 0 Å². The molecule has 0 saturated heterocycles. The first-order chi connectivity index (χ1) is 12.9. The van der Waals surface area contributed by atoms with Gasteiger partial charge < -0.3 is 17.4 Å².